The van der Waals surface area contributed by atoms with Crippen LogP contribution in [0.5, 0.6) is 0 Å². The van der Waals surface area contributed by atoms with Gasteiger partial charge < -0.3 is 14.7 Å². The van der Waals surface area contributed by atoms with E-state index in [0.717, 1.165) is 18.5 Å². The highest BCUT2D eigenvalue weighted by atomic mass is 16.5. The molecule has 0 spiro atoms. The number of morpholine rings is 1. The number of carboxylic acid groups (broad SMARTS) is 1. The lowest BCUT2D eigenvalue weighted by Crippen LogP contribution is -2.53. The monoisotopic (exact) mass is 279 g/mol. The van der Waals surface area contributed by atoms with E-state index in [4.69, 9.17) is 4.74 Å². The maximum atomic E-state index is 12.1. The minimum atomic E-state index is -1.04. The fourth-order valence-corrected chi connectivity index (χ4v) is 2.77. The Hall–Kier alpha value is -1.89. The number of rotatable bonds is 4. The molecule has 0 radical (unpaired) electrons. The Morgan fingerprint density at radius 3 is 2.90 bits per heavy atom. The van der Waals surface area contributed by atoms with Crippen LogP contribution in [0.25, 0.3) is 0 Å². The SMILES string of the molecule is CCn1nccc1C1C(C(=O)O)OCC(=O)N1C1CC1. The highest BCUT2D eigenvalue weighted by molar-refractivity contribution is 5.83. The van der Waals surface area contributed by atoms with Gasteiger partial charge in [0.15, 0.2) is 6.10 Å². The lowest BCUT2D eigenvalue weighted by Gasteiger charge is -2.39. The first-order valence-corrected chi connectivity index (χ1v) is 6.80. The van der Waals surface area contributed by atoms with Crippen molar-refractivity contribution in [2.45, 2.75) is 44.5 Å². The molecular formula is C13H17N3O4. The van der Waals surface area contributed by atoms with Crippen molar-refractivity contribution < 1.29 is 19.4 Å². The van der Waals surface area contributed by atoms with Crippen molar-refractivity contribution in [3.63, 3.8) is 0 Å². The average Bonchev–Trinajstić information content (AvgIpc) is 3.14. The molecule has 2 unspecified atom stereocenters. The molecule has 3 rings (SSSR count). The molecule has 2 fully saturated rings. The highest BCUT2D eigenvalue weighted by Crippen LogP contribution is 2.39. The van der Waals surface area contributed by atoms with E-state index in [1.165, 1.54) is 0 Å². The predicted molar refractivity (Wildman–Crippen MR) is 67.9 cm³/mol. The van der Waals surface area contributed by atoms with Crippen LogP contribution in [0.15, 0.2) is 12.3 Å². The van der Waals surface area contributed by atoms with E-state index in [9.17, 15) is 14.7 Å². The van der Waals surface area contributed by atoms with Gasteiger partial charge in [-0.1, -0.05) is 0 Å². The van der Waals surface area contributed by atoms with Crippen molar-refractivity contribution in [2.75, 3.05) is 6.61 Å². The minimum Gasteiger partial charge on any atom is -0.479 e. The number of aromatic nitrogens is 2. The lowest BCUT2D eigenvalue weighted by atomic mass is 10.0. The zero-order chi connectivity index (χ0) is 14.3. The van der Waals surface area contributed by atoms with Crippen molar-refractivity contribution in [1.29, 1.82) is 0 Å². The second kappa shape index (κ2) is 4.90. The van der Waals surface area contributed by atoms with Gasteiger partial charge in [0.25, 0.3) is 0 Å². The number of carbonyl (C=O) groups is 2. The molecule has 1 saturated heterocycles. The zero-order valence-corrected chi connectivity index (χ0v) is 11.2. The number of hydrogen-bond donors (Lipinski definition) is 1. The summed E-state index contributed by atoms with van der Waals surface area (Å²) in [7, 11) is 0. The Morgan fingerprint density at radius 2 is 2.30 bits per heavy atom. The van der Waals surface area contributed by atoms with Crippen LogP contribution in [-0.4, -0.2) is 50.4 Å². The molecule has 1 amide bonds. The number of carbonyl (C=O) groups excluding carboxylic acids is 1. The molecule has 0 bridgehead atoms. The summed E-state index contributed by atoms with van der Waals surface area (Å²) >= 11 is 0. The third-order valence-corrected chi connectivity index (χ3v) is 3.80. The first kappa shape index (κ1) is 13.1. The zero-order valence-electron chi connectivity index (χ0n) is 11.2. The molecule has 1 aromatic rings. The summed E-state index contributed by atoms with van der Waals surface area (Å²) in [6, 6.07) is 1.31. The van der Waals surface area contributed by atoms with Crippen LogP contribution in [0.3, 0.4) is 0 Å². The summed E-state index contributed by atoms with van der Waals surface area (Å²) in [5, 5.41) is 13.6. The first-order valence-electron chi connectivity index (χ1n) is 6.80. The molecule has 0 aromatic carbocycles. The Labute approximate surface area is 116 Å². The molecule has 1 aliphatic carbocycles. The van der Waals surface area contributed by atoms with E-state index < -0.39 is 18.1 Å². The molecule has 1 N–H and O–H groups in total. The van der Waals surface area contributed by atoms with Gasteiger partial charge in [0.2, 0.25) is 5.91 Å². The number of ether oxygens (including phenoxy) is 1. The van der Waals surface area contributed by atoms with Gasteiger partial charge in [-0.2, -0.15) is 5.10 Å². The molecule has 2 heterocycles. The lowest BCUT2D eigenvalue weighted by molar-refractivity contribution is -0.174. The maximum absolute atomic E-state index is 12.1. The van der Waals surface area contributed by atoms with Gasteiger partial charge in [-0.3, -0.25) is 9.48 Å². The van der Waals surface area contributed by atoms with E-state index in [1.54, 1.807) is 21.8 Å². The maximum Gasteiger partial charge on any atom is 0.335 e. The van der Waals surface area contributed by atoms with E-state index in [-0.39, 0.29) is 18.6 Å². The summed E-state index contributed by atoms with van der Waals surface area (Å²) in [5.41, 5.74) is 0.722. The Kier molecular flexibility index (Phi) is 3.21. The first-order chi connectivity index (χ1) is 9.63. The van der Waals surface area contributed by atoms with Crippen molar-refractivity contribution in [1.82, 2.24) is 14.7 Å². The van der Waals surface area contributed by atoms with E-state index >= 15 is 0 Å². The van der Waals surface area contributed by atoms with Gasteiger partial charge in [0.05, 0.1) is 5.69 Å². The Balaban J connectivity index is 2.02. The average molecular weight is 279 g/mol. The Morgan fingerprint density at radius 1 is 1.55 bits per heavy atom. The summed E-state index contributed by atoms with van der Waals surface area (Å²) in [6.45, 7) is 2.39. The molecule has 7 nitrogen and oxygen atoms in total. The largest absolute Gasteiger partial charge is 0.479 e. The van der Waals surface area contributed by atoms with Gasteiger partial charge in [0, 0.05) is 18.8 Å². The minimum absolute atomic E-state index is 0.137. The quantitative estimate of drug-likeness (QED) is 0.863. The van der Waals surface area contributed by atoms with Gasteiger partial charge in [0.1, 0.15) is 12.6 Å². The third kappa shape index (κ3) is 2.07. The summed E-state index contributed by atoms with van der Waals surface area (Å²) < 4.78 is 6.98. The number of carboxylic acids is 1. The molecule has 2 aliphatic rings. The molecule has 1 saturated carbocycles. The van der Waals surface area contributed by atoms with Crippen molar-refractivity contribution in [2.24, 2.45) is 0 Å². The molecule has 7 heteroatoms. The van der Waals surface area contributed by atoms with Crippen LogP contribution in [-0.2, 0) is 20.9 Å². The number of amides is 1. The highest BCUT2D eigenvalue weighted by Gasteiger charge is 2.48. The van der Waals surface area contributed by atoms with Crippen LogP contribution < -0.4 is 0 Å². The molecule has 108 valence electrons. The van der Waals surface area contributed by atoms with E-state index in [1.807, 2.05) is 6.92 Å². The summed E-state index contributed by atoms with van der Waals surface area (Å²) in [5.74, 6) is -1.18. The molecular weight excluding hydrogens is 262 g/mol. The number of hydrogen-bond acceptors (Lipinski definition) is 4. The van der Waals surface area contributed by atoms with Gasteiger partial charge in [-0.05, 0) is 25.8 Å². The van der Waals surface area contributed by atoms with Crippen molar-refractivity contribution in [3.05, 3.63) is 18.0 Å². The summed E-state index contributed by atoms with van der Waals surface area (Å²) in [6.07, 6.45) is 2.45. The van der Waals surface area contributed by atoms with E-state index in [2.05, 4.69) is 5.10 Å². The molecule has 1 aliphatic heterocycles. The number of aryl methyl sites for hydroxylation is 1. The second-order valence-electron chi connectivity index (χ2n) is 5.12. The third-order valence-electron chi connectivity index (χ3n) is 3.80. The molecule has 20 heavy (non-hydrogen) atoms. The topological polar surface area (TPSA) is 84.7 Å². The predicted octanol–water partition coefficient (Wildman–Crippen LogP) is 0.418. The van der Waals surface area contributed by atoms with Crippen LogP contribution in [0.1, 0.15) is 31.5 Å². The number of aliphatic carboxylic acids is 1. The van der Waals surface area contributed by atoms with Gasteiger partial charge in [-0.25, -0.2) is 4.79 Å². The van der Waals surface area contributed by atoms with Crippen LogP contribution in [0.4, 0.5) is 0 Å². The van der Waals surface area contributed by atoms with Gasteiger partial charge in [-0.15, -0.1) is 0 Å². The second-order valence-corrected chi connectivity index (χ2v) is 5.12. The van der Waals surface area contributed by atoms with Crippen molar-refractivity contribution >= 4 is 11.9 Å². The normalized spacial score (nSPS) is 26.9. The van der Waals surface area contributed by atoms with E-state index in [0.29, 0.717) is 6.54 Å². The number of nitrogens with zero attached hydrogens (tertiary/aromatic N) is 3. The summed E-state index contributed by atoms with van der Waals surface area (Å²) in [4.78, 5) is 25.3. The van der Waals surface area contributed by atoms with Crippen molar-refractivity contribution in [3.8, 4) is 0 Å². The van der Waals surface area contributed by atoms with Gasteiger partial charge >= 0.3 is 5.97 Å². The van der Waals surface area contributed by atoms with Crippen LogP contribution >= 0.6 is 0 Å². The van der Waals surface area contributed by atoms with Crippen LogP contribution in [0.2, 0.25) is 0 Å². The Bertz CT molecular complexity index is 537. The molecule has 2 atom stereocenters. The fourth-order valence-electron chi connectivity index (χ4n) is 2.77. The fraction of sp³-hybridized carbons (Fsp3) is 0.615. The standard InChI is InChI=1S/C13H17N3O4/c1-2-15-9(5-6-14-15)11-12(13(18)19)20-7-10(17)16(11)8-3-4-8/h5-6,8,11-12H,2-4,7H2,1H3,(H,18,19). The smallest absolute Gasteiger partial charge is 0.335 e. The van der Waals surface area contributed by atoms with Crippen LogP contribution in [0, 0.1) is 0 Å². The molecule has 1 aromatic heterocycles.